The Bertz CT molecular complexity index is 623. The van der Waals surface area contributed by atoms with Crippen molar-refractivity contribution in [2.24, 2.45) is 5.14 Å². The molecule has 7 nitrogen and oxygen atoms in total. The predicted molar refractivity (Wildman–Crippen MR) is 68.5 cm³/mol. The quantitative estimate of drug-likeness (QED) is 0.791. The normalized spacial score (nSPS) is 19.1. The van der Waals surface area contributed by atoms with E-state index in [9.17, 15) is 22.0 Å². The highest BCUT2D eigenvalue weighted by atomic mass is 32.2. The number of hydrogen-bond donors (Lipinski definition) is 2. The summed E-state index contributed by atoms with van der Waals surface area (Å²) in [6.07, 6.45) is -1.18. The molecule has 3 N–H and O–H groups in total. The highest BCUT2D eigenvalue weighted by molar-refractivity contribution is 7.89. The zero-order valence-corrected chi connectivity index (χ0v) is 11.8. The Morgan fingerprint density at radius 1 is 1.57 bits per heavy atom. The molecule has 1 aromatic rings. The number of alkyl halides is 2. The van der Waals surface area contributed by atoms with Gasteiger partial charge in [-0.3, -0.25) is 4.79 Å². The Morgan fingerprint density at radius 2 is 2.29 bits per heavy atom. The third-order valence-corrected chi connectivity index (χ3v) is 3.91. The summed E-state index contributed by atoms with van der Waals surface area (Å²) in [5.41, 5.74) is -0.175. The van der Waals surface area contributed by atoms with E-state index in [1.807, 2.05) is 0 Å². The molecule has 0 radical (unpaired) electrons. The van der Waals surface area contributed by atoms with Gasteiger partial charge < -0.3 is 14.6 Å². The van der Waals surface area contributed by atoms with E-state index in [1.165, 1.54) is 0 Å². The van der Waals surface area contributed by atoms with Crippen molar-refractivity contribution in [2.75, 3.05) is 13.2 Å². The zero-order chi connectivity index (χ0) is 15.6. The third-order valence-electron chi connectivity index (χ3n) is 3.03. The number of nitrogens with one attached hydrogen (secondary N) is 1. The van der Waals surface area contributed by atoms with Crippen LogP contribution in [0.2, 0.25) is 0 Å². The molecular weight excluding hydrogens is 308 g/mol. The van der Waals surface area contributed by atoms with Crippen molar-refractivity contribution < 1.29 is 26.7 Å². The Labute approximate surface area is 120 Å². The van der Waals surface area contributed by atoms with Crippen LogP contribution in [0.4, 0.5) is 8.78 Å². The summed E-state index contributed by atoms with van der Waals surface area (Å²) >= 11 is 0. The smallest absolute Gasteiger partial charge is 0.268 e. The van der Waals surface area contributed by atoms with Gasteiger partial charge in [0.1, 0.15) is 10.6 Å². The van der Waals surface area contributed by atoms with E-state index in [1.54, 1.807) is 0 Å². The van der Waals surface area contributed by atoms with Gasteiger partial charge in [-0.25, -0.2) is 22.3 Å². The largest absolute Gasteiger partial charge is 0.379 e. The second kappa shape index (κ2) is 6.08. The fourth-order valence-electron chi connectivity index (χ4n) is 2.04. The second-order valence-electron chi connectivity index (χ2n) is 4.68. The summed E-state index contributed by atoms with van der Waals surface area (Å²) in [5, 5.41) is 7.56. The van der Waals surface area contributed by atoms with Crippen molar-refractivity contribution in [3.63, 3.8) is 0 Å². The molecule has 10 heteroatoms. The topological polar surface area (TPSA) is 103 Å². The molecule has 2 rings (SSSR count). The molecule has 21 heavy (non-hydrogen) atoms. The molecular formula is C11H15F2N3O4S. The summed E-state index contributed by atoms with van der Waals surface area (Å²) in [5.74, 6) is -0.638. The highest BCUT2D eigenvalue weighted by Crippen LogP contribution is 2.16. The maximum absolute atomic E-state index is 12.5. The van der Waals surface area contributed by atoms with Crippen LogP contribution < -0.4 is 10.5 Å². The summed E-state index contributed by atoms with van der Waals surface area (Å²) in [4.78, 5) is 11.7. The maximum Gasteiger partial charge on any atom is 0.268 e. The zero-order valence-electron chi connectivity index (χ0n) is 11.0. The molecule has 1 aromatic heterocycles. The van der Waals surface area contributed by atoms with E-state index in [0.717, 1.165) is 16.8 Å². The lowest BCUT2D eigenvalue weighted by Crippen LogP contribution is -2.36. The lowest BCUT2D eigenvalue weighted by atomic mass is 10.2. The number of ether oxygens (including phenoxy) is 1. The van der Waals surface area contributed by atoms with Crippen LogP contribution in [-0.2, 0) is 21.3 Å². The number of carbonyl (C=O) groups is 1. The van der Waals surface area contributed by atoms with E-state index in [-0.39, 0.29) is 16.6 Å². The number of nitrogens with two attached hydrogens (primary N) is 1. The second-order valence-corrected chi connectivity index (χ2v) is 6.24. The van der Waals surface area contributed by atoms with E-state index < -0.39 is 28.9 Å². The summed E-state index contributed by atoms with van der Waals surface area (Å²) < 4.78 is 53.6. The lowest BCUT2D eigenvalue weighted by Gasteiger charge is -2.12. The first-order chi connectivity index (χ1) is 9.77. The molecule has 1 amide bonds. The highest BCUT2D eigenvalue weighted by Gasteiger charge is 2.24. The number of nitrogens with zero attached hydrogens (tertiary/aromatic N) is 1. The number of hydrogen-bond acceptors (Lipinski definition) is 4. The number of aromatic nitrogens is 1. The van der Waals surface area contributed by atoms with E-state index >= 15 is 0 Å². The Balaban J connectivity index is 2.26. The molecule has 0 aromatic carbocycles. The summed E-state index contributed by atoms with van der Waals surface area (Å²) in [7, 11) is -4.07. The predicted octanol–water partition coefficient (Wildman–Crippen LogP) is -0.0807. The average molecular weight is 323 g/mol. The van der Waals surface area contributed by atoms with Crippen molar-refractivity contribution in [1.82, 2.24) is 9.88 Å². The van der Waals surface area contributed by atoms with Crippen LogP contribution >= 0.6 is 0 Å². The van der Waals surface area contributed by atoms with Gasteiger partial charge in [0.05, 0.1) is 19.2 Å². The third kappa shape index (κ3) is 3.99. The Hall–Kier alpha value is -1.52. The number of carbonyl (C=O) groups excluding carboxylic acids is 1. The first-order valence-electron chi connectivity index (χ1n) is 6.17. The number of primary sulfonamides is 1. The molecule has 0 saturated carbocycles. The molecule has 1 unspecified atom stereocenters. The van der Waals surface area contributed by atoms with Gasteiger partial charge in [-0.15, -0.1) is 0 Å². The summed E-state index contributed by atoms with van der Waals surface area (Å²) in [6, 6.07) is 0.772. The van der Waals surface area contributed by atoms with Gasteiger partial charge >= 0.3 is 0 Å². The van der Waals surface area contributed by atoms with Crippen LogP contribution in [0.25, 0.3) is 0 Å². The van der Waals surface area contributed by atoms with Crippen LogP contribution in [0.5, 0.6) is 0 Å². The lowest BCUT2D eigenvalue weighted by molar-refractivity contribution is 0.0907. The Kier molecular flexibility index (Phi) is 4.59. The monoisotopic (exact) mass is 323 g/mol. The van der Waals surface area contributed by atoms with Crippen LogP contribution in [-0.4, -0.2) is 44.6 Å². The number of halogens is 2. The van der Waals surface area contributed by atoms with Crippen molar-refractivity contribution in [2.45, 2.75) is 30.3 Å². The van der Waals surface area contributed by atoms with Gasteiger partial charge in [-0.2, -0.15) is 0 Å². The van der Waals surface area contributed by atoms with Gasteiger partial charge in [0.2, 0.25) is 10.0 Å². The van der Waals surface area contributed by atoms with Gasteiger partial charge in [0.15, 0.2) is 0 Å². The Morgan fingerprint density at radius 3 is 2.81 bits per heavy atom. The standard InChI is InChI=1S/C11H15F2N3O4S/c12-10(13)5-16-4-8(21(14,18)19)3-9(16)11(17)15-7-1-2-20-6-7/h3-4,7,10H,1-2,5-6H2,(H,15,17)(H2,14,18,19). The first kappa shape index (κ1) is 15.9. The number of rotatable bonds is 5. The molecule has 0 bridgehead atoms. The van der Waals surface area contributed by atoms with Crippen LogP contribution in [0, 0.1) is 0 Å². The molecule has 0 aliphatic carbocycles. The van der Waals surface area contributed by atoms with Crippen LogP contribution in [0.1, 0.15) is 16.9 Å². The number of amides is 1. The molecule has 118 valence electrons. The molecule has 1 aliphatic rings. The minimum Gasteiger partial charge on any atom is -0.379 e. The van der Waals surface area contributed by atoms with Crippen molar-refractivity contribution in [3.8, 4) is 0 Å². The first-order valence-corrected chi connectivity index (χ1v) is 7.71. The van der Waals surface area contributed by atoms with Crippen molar-refractivity contribution in [3.05, 3.63) is 18.0 Å². The fourth-order valence-corrected chi connectivity index (χ4v) is 2.59. The van der Waals surface area contributed by atoms with Crippen molar-refractivity contribution >= 4 is 15.9 Å². The fraction of sp³-hybridized carbons (Fsp3) is 0.545. The maximum atomic E-state index is 12.5. The number of sulfonamides is 1. The minimum atomic E-state index is -4.07. The summed E-state index contributed by atoms with van der Waals surface area (Å²) in [6.45, 7) is 0.0498. The molecule has 1 fully saturated rings. The molecule has 0 spiro atoms. The molecule has 2 heterocycles. The van der Waals surface area contributed by atoms with Gasteiger partial charge in [0.25, 0.3) is 12.3 Å². The van der Waals surface area contributed by atoms with Gasteiger partial charge in [-0.1, -0.05) is 0 Å². The van der Waals surface area contributed by atoms with Crippen LogP contribution in [0.3, 0.4) is 0 Å². The van der Waals surface area contributed by atoms with Crippen LogP contribution in [0.15, 0.2) is 17.2 Å². The van der Waals surface area contributed by atoms with E-state index in [2.05, 4.69) is 5.32 Å². The van der Waals surface area contributed by atoms with Gasteiger partial charge in [0, 0.05) is 12.8 Å². The average Bonchev–Trinajstić information content (AvgIpc) is 2.96. The van der Waals surface area contributed by atoms with Crippen molar-refractivity contribution in [1.29, 1.82) is 0 Å². The van der Waals surface area contributed by atoms with Gasteiger partial charge in [-0.05, 0) is 12.5 Å². The molecule has 1 aliphatic heterocycles. The van der Waals surface area contributed by atoms with E-state index in [0.29, 0.717) is 19.6 Å². The SMILES string of the molecule is NS(=O)(=O)c1cc(C(=O)NC2CCOC2)n(CC(F)F)c1. The molecule has 1 saturated heterocycles. The molecule has 1 atom stereocenters. The minimum absolute atomic E-state index is 0.175. The van der Waals surface area contributed by atoms with E-state index in [4.69, 9.17) is 9.88 Å².